The van der Waals surface area contributed by atoms with Crippen LogP contribution >= 0.6 is 0 Å². The number of hydrogen-bond acceptors (Lipinski definition) is 6. The molecule has 0 aromatic heterocycles. The molecule has 0 saturated heterocycles. The van der Waals surface area contributed by atoms with E-state index in [9.17, 15) is 4.79 Å². The molecule has 0 bridgehead atoms. The van der Waals surface area contributed by atoms with Crippen molar-refractivity contribution in [2.24, 2.45) is 5.92 Å². The molecule has 0 spiro atoms. The van der Waals surface area contributed by atoms with E-state index < -0.39 is 0 Å². The number of carbonyl (C=O) groups excluding carboxylic acids is 1. The summed E-state index contributed by atoms with van der Waals surface area (Å²) in [6.07, 6.45) is 3.04. The summed E-state index contributed by atoms with van der Waals surface area (Å²) >= 11 is 0. The van der Waals surface area contributed by atoms with Gasteiger partial charge in [-0.2, -0.15) is 0 Å². The van der Waals surface area contributed by atoms with Gasteiger partial charge in [-0.1, -0.05) is 20.8 Å². The van der Waals surface area contributed by atoms with Gasteiger partial charge in [-0.25, -0.2) is 0 Å². The van der Waals surface area contributed by atoms with E-state index in [4.69, 9.17) is 23.7 Å². The van der Waals surface area contributed by atoms with Crippen molar-refractivity contribution >= 4 is 5.97 Å². The summed E-state index contributed by atoms with van der Waals surface area (Å²) < 4.78 is 26.6. The van der Waals surface area contributed by atoms with Gasteiger partial charge in [0.15, 0.2) is 0 Å². The molecule has 0 amide bonds. The number of esters is 1. The van der Waals surface area contributed by atoms with Crippen molar-refractivity contribution in [1.29, 1.82) is 0 Å². The molecule has 0 N–H and O–H groups in total. The molecule has 144 valence electrons. The maximum absolute atomic E-state index is 11.2. The SMILES string of the molecule is CCCOC(=O)CCCOCCOCCOCCOCCC(C)C. The molecule has 0 atom stereocenters. The third-order valence-corrected chi connectivity index (χ3v) is 3.09. The average Bonchev–Trinajstić information content (AvgIpc) is 2.56. The van der Waals surface area contributed by atoms with E-state index in [0.717, 1.165) is 19.4 Å². The first kappa shape index (κ1) is 23.3. The number of carbonyl (C=O) groups is 1. The number of rotatable bonds is 18. The first-order valence-corrected chi connectivity index (χ1v) is 9.13. The van der Waals surface area contributed by atoms with Crippen LogP contribution in [0.5, 0.6) is 0 Å². The van der Waals surface area contributed by atoms with E-state index in [1.807, 2.05) is 6.92 Å². The summed E-state index contributed by atoms with van der Waals surface area (Å²) in [6.45, 7) is 11.6. The van der Waals surface area contributed by atoms with Crippen molar-refractivity contribution in [3.05, 3.63) is 0 Å². The van der Waals surface area contributed by atoms with E-state index in [1.54, 1.807) is 0 Å². The second-order valence-corrected chi connectivity index (χ2v) is 5.96. The van der Waals surface area contributed by atoms with E-state index in [2.05, 4.69) is 13.8 Å². The first-order valence-electron chi connectivity index (χ1n) is 9.13. The Balaban J connectivity index is 3.06. The summed E-state index contributed by atoms with van der Waals surface area (Å²) in [7, 11) is 0. The Bertz CT molecular complexity index is 270. The van der Waals surface area contributed by atoms with E-state index in [0.29, 0.717) is 71.6 Å². The van der Waals surface area contributed by atoms with Crippen molar-refractivity contribution in [1.82, 2.24) is 0 Å². The maximum Gasteiger partial charge on any atom is 0.305 e. The van der Waals surface area contributed by atoms with E-state index in [1.165, 1.54) is 0 Å². The monoisotopic (exact) mass is 348 g/mol. The smallest absolute Gasteiger partial charge is 0.305 e. The Hall–Kier alpha value is -0.690. The van der Waals surface area contributed by atoms with E-state index in [-0.39, 0.29) is 5.97 Å². The van der Waals surface area contributed by atoms with Crippen molar-refractivity contribution in [3.63, 3.8) is 0 Å². The fourth-order valence-electron chi connectivity index (χ4n) is 1.69. The van der Waals surface area contributed by atoms with Gasteiger partial charge in [0.25, 0.3) is 0 Å². The highest BCUT2D eigenvalue weighted by molar-refractivity contribution is 5.69. The van der Waals surface area contributed by atoms with Crippen LogP contribution in [0.1, 0.15) is 46.5 Å². The quantitative estimate of drug-likeness (QED) is 0.280. The molecule has 0 aliphatic carbocycles. The molecule has 0 heterocycles. The van der Waals surface area contributed by atoms with Crippen LogP contribution in [0.25, 0.3) is 0 Å². The van der Waals surface area contributed by atoms with Crippen LogP contribution in [0, 0.1) is 5.92 Å². The van der Waals surface area contributed by atoms with Crippen LogP contribution in [-0.4, -0.2) is 65.4 Å². The highest BCUT2D eigenvalue weighted by Gasteiger charge is 2.01. The molecule has 0 aliphatic rings. The lowest BCUT2D eigenvalue weighted by molar-refractivity contribution is -0.144. The van der Waals surface area contributed by atoms with Crippen molar-refractivity contribution in [2.45, 2.75) is 46.5 Å². The van der Waals surface area contributed by atoms with Gasteiger partial charge in [0.05, 0.1) is 46.2 Å². The molecule has 6 heteroatoms. The largest absolute Gasteiger partial charge is 0.466 e. The lowest BCUT2D eigenvalue weighted by Gasteiger charge is -2.08. The van der Waals surface area contributed by atoms with Gasteiger partial charge in [-0.15, -0.1) is 0 Å². The molecule has 0 aromatic carbocycles. The fraction of sp³-hybridized carbons (Fsp3) is 0.944. The molecule has 24 heavy (non-hydrogen) atoms. The predicted octanol–water partition coefficient (Wildman–Crippen LogP) is 2.83. The van der Waals surface area contributed by atoms with Gasteiger partial charge in [0.2, 0.25) is 0 Å². The number of ether oxygens (including phenoxy) is 5. The molecule has 6 nitrogen and oxygen atoms in total. The Morgan fingerprint density at radius 1 is 0.750 bits per heavy atom. The lowest BCUT2D eigenvalue weighted by Crippen LogP contribution is -2.13. The summed E-state index contributed by atoms with van der Waals surface area (Å²) in [6, 6.07) is 0. The molecule has 0 unspecified atom stereocenters. The molecule has 0 aliphatic heterocycles. The summed E-state index contributed by atoms with van der Waals surface area (Å²) in [5.41, 5.74) is 0. The molecular formula is C18H36O6. The fourth-order valence-corrected chi connectivity index (χ4v) is 1.69. The third kappa shape index (κ3) is 19.4. The molecule has 0 rings (SSSR count). The zero-order valence-electron chi connectivity index (χ0n) is 15.7. The van der Waals surface area contributed by atoms with Crippen molar-refractivity contribution < 1.29 is 28.5 Å². The van der Waals surface area contributed by atoms with Crippen LogP contribution in [0.15, 0.2) is 0 Å². The van der Waals surface area contributed by atoms with Crippen molar-refractivity contribution in [2.75, 3.05) is 59.5 Å². The first-order chi connectivity index (χ1) is 11.7. The van der Waals surface area contributed by atoms with Crippen LogP contribution in [0.4, 0.5) is 0 Å². The molecule has 0 saturated carbocycles. The normalized spacial score (nSPS) is 11.2. The Kier molecular flexibility index (Phi) is 18.1. The number of hydrogen-bond donors (Lipinski definition) is 0. The van der Waals surface area contributed by atoms with Crippen molar-refractivity contribution in [3.8, 4) is 0 Å². The average molecular weight is 348 g/mol. The molecular weight excluding hydrogens is 312 g/mol. The van der Waals surface area contributed by atoms with Crippen LogP contribution in [0.3, 0.4) is 0 Å². The highest BCUT2D eigenvalue weighted by Crippen LogP contribution is 1.98. The minimum Gasteiger partial charge on any atom is -0.466 e. The predicted molar refractivity (Wildman–Crippen MR) is 93.2 cm³/mol. The van der Waals surface area contributed by atoms with Gasteiger partial charge < -0.3 is 23.7 Å². The maximum atomic E-state index is 11.2. The Morgan fingerprint density at radius 3 is 1.75 bits per heavy atom. The standard InChI is InChI=1S/C18H36O6/c1-4-8-24-18(19)6-5-9-20-11-13-22-15-16-23-14-12-21-10-7-17(2)3/h17H,4-16H2,1-3H3. The van der Waals surface area contributed by atoms with E-state index >= 15 is 0 Å². The summed E-state index contributed by atoms with van der Waals surface area (Å²) in [5, 5.41) is 0. The second-order valence-electron chi connectivity index (χ2n) is 5.96. The van der Waals surface area contributed by atoms with Gasteiger partial charge in [0.1, 0.15) is 0 Å². The van der Waals surface area contributed by atoms with Gasteiger partial charge in [-0.05, 0) is 25.2 Å². The van der Waals surface area contributed by atoms with Gasteiger partial charge >= 0.3 is 5.97 Å². The molecule has 0 radical (unpaired) electrons. The second kappa shape index (κ2) is 18.6. The Morgan fingerprint density at radius 2 is 1.25 bits per heavy atom. The van der Waals surface area contributed by atoms with Crippen LogP contribution < -0.4 is 0 Å². The highest BCUT2D eigenvalue weighted by atomic mass is 16.6. The minimum absolute atomic E-state index is 0.151. The summed E-state index contributed by atoms with van der Waals surface area (Å²) in [4.78, 5) is 11.2. The minimum atomic E-state index is -0.151. The van der Waals surface area contributed by atoms with Gasteiger partial charge in [-0.3, -0.25) is 4.79 Å². The topological polar surface area (TPSA) is 63.2 Å². The third-order valence-electron chi connectivity index (χ3n) is 3.09. The van der Waals surface area contributed by atoms with Gasteiger partial charge in [0, 0.05) is 19.6 Å². The zero-order valence-corrected chi connectivity index (χ0v) is 15.7. The zero-order chi connectivity index (χ0) is 17.9. The Labute approximate surface area is 147 Å². The van der Waals surface area contributed by atoms with Crippen LogP contribution in [0.2, 0.25) is 0 Å². The molecule has 0 fully saturated rings. The summed E-state index contributed by atoms with van der Waals surface area (Å²) in [5.74, 6) is 0.526. The molecule has 0 aromatic rings. The van der Waals surface area contributed by atoms with Crippen LogP contribution in [-0.2, 0) is 28.5 Å². The lowest BCUT2D eigenvalue weighted by atomic mass is 10.1.